The molecule has 0 saturated carbocycles. The molecule has 1 N–H and O–H groups in total. The molecule has 0 aliphatic rings. The van der Waals surface area contributed by atoms with Crippen LogP contribution in [0.2, 0.25) is 0 Å². The summed E-state index contributed by atoms with van der Waals surface area (Å²) in [6.45, 7) is 0. The third-order valence-corrected chi connectivity index (χ3v) is 4.18. The molecule has 2 heterocycles. The molecule has 3 aromatic rings. The molecule has 0 atom stereocenters. The number of thiophene rings is 1. The van der Waals surface area contributed by atoms with E-state index in [9.17, 15) is 4.79 Å². The average molecular weight is 333 g/mol. The highest BCUT2D eigenvalue weighted by atomic mass is 79.9. The first-order valence-electron chi connectivity index (χ1n) is 5.62. The quantitative estimate of drug-likeness (QED) is 0.759. The summed E-state index contributed by atoms with van der Waals surface area (Å²) >= 11 is 4.83. The number of hydrogen-bond donors (Lipinski definition) is 1. The van der Waals surface area contributed by atoms with Crippen molar-refractivity contribution in [2.75, 3.05) is 5.32 Å². The number of halogens is 1. The summed E-state index contributed by atoms with van der Waals surface area (Å²) < 4.78 is 0.939. The molecule has 0 radical (unpaired) electrons. The minimum absolute atomic E-state index is 0.126. The van der Waals surface area contributed by atoms with Crippen LogP contribution in [-0.4, -0.2) is 10.9 Å². The molecule has 19 heavy (non-hydrogen) atoms. The minimum atomic E-state index is -0.126. The van der Waals surface area contributed by atoms with Gasteiger partial charge in [0.15, 0.2) is 0 Å². The molecule has 94 valence electrons. The van der Waals surface area contributed by atoms with Crippen LogP contribution in [0.4, 0.5) is 5.69 Å². The van der Waals surface area contributed by atoms with E-state index in [2.05, 4.69) is 26.2 Å². The van der Waals surface area contributed by atoms with Crippen LogP contribution in [0.15, 0.2) is 51.8 Å². The highest BCUT2D eigenvalue weighted by Gasteiger charge is 2.08. The molecule has 0 saturated heterocycles. The number of amides is 1. The fourth-order valence-corrected chi connectivity index (χ4v) is 2.91. The average Bonchev–Trinajstić information content (AvgIpc) is 2.85. The SMILES string of the molecule is O=C(Nc1cnc2ccccc2c1)c1csc(Br)c1. The molecule has 0 spiro atoms. The molecule has 3 nitrogen and oxygen atoms in total. The van der Waals surface area contributed by atoms with Gasteiger partial charge in [0, 0.05) is 10.8 Å². The lowest BCUT2D eigenvalue weighted by atomic mass is 10.2. The van der Waals surface area contributed by atoms with Crippen molar-refractivity contribution >= 4 is 49.8 Å². The van der Waals surface area contributed by atoms with E-state index in [0.29, 0.717) is 11.3 Å². The van der Waals surface area contributed by atoms with Gasteiger partial charge in [-0.15, -0.1) is 11.3 Å². The Labute approximate surface area is 122 Å². The van der Waals surface area contributed by atoms with Gasteiger partial charge in [-0.05, 0) is 34.1 Å². The third kappa shape index (κ3) is 2.67. The number of fused-ring (bicyclic) bond motifs is 1. The first-order chi connectivity index (χ1) is 9.22. The maximum atomic E-state index is 12.0. The number of carbonyl (C=O) groups is 1. The fraction of sp³-hybridized carbons (Fsp3) is 0. The van der Waals surface area contributed by atoms with Crippen LogP contribution in [0.1, 0.15) is 10.4 Å². The van der Waals surface area contributed by atoms with Crippen LogP contribution < -0.4 is 5.32 Å². The summed E-state index contributed by atoms with van der Waals surface area (Å²) in [7, 11) is 0. The molecule has 0 bridgehead atoms. The largest absolute Gasteiger partial charge is 0.321 e. The van der Waals surface area contributed by atoms with E-state index in [1.807, 2.05) is 35.7 Å². The van der Waals surface area contributed by atoms with Gasteiger partial charge in [0.2, 0.25) is 0 Å². The normalized spacial score (nSPS) is 10.6. The molecule has 1 aromatic carbocycles. The van der Waals surface area contributed by atoms with E-state index >= 15 is 0 Å². The van der Waals surface area contributed by atoms with Crippen molar-refractivity contribution in [2.45, 2.75) is 0 Å². The molecule has 0 fully saturated rings. The van der Waals surface area contributed by atoms with Crippen molar-refractivity contribution in [1.82, 2.24) is 4.98 Å². The first-order valence-corrected chi connectivity index (χ1v) is 7.30. The Kier molecular flexibility index (Phi) is 3.31. The van der Waals surface area contributed by atoms with Gasteiger partial charge in [-0.25, -0.2) is 0 Å². The molecule has 2 aromatic heterocycles. The van der Waals surface area contributed by atoms with Gasteiger partial charge in [-0.3, -0.25) is 9.78 Å². The van der Waals surface area contributed by atoms with E-state index in [1.54, 1.807) is 12.3 Å². The highest BCUT2D eigenvalue weighted by molar-refractivity contribution is 9.11. The van der Waals surface area contributed by atoms with Crippen LogP contribution in [0, 0.1) is 0 Å². The Morgan fingerprint density at radius 2 is 2.11 bits per heavy atom. The summed E-state index contributed by atoms with van der Waals surface area (Å²) in [4.78, 5) is 16.3. The lowest BCUT2D eigenvalue weighted by Crippen LogP contribution is -2.10. The summed E-state index contributed by atoms with van der Waals surface area (Å²) in [5.41, 5.74) is 2.26. The van der Waals surface area contributed by atoms with Crippen molar-refractivity contribution in [3.63, 3.8) is 0 Å². The number of hydrogen-bond acceptors (Lipinski definition) is 3. The number of nitrogens with one attached hydrogen (secondary N) is 1. The van der Waals surface area contributed by atoms with E-state index in [0.717, 1.165) is 14.7 Å². The number of para-hydroxylation sites is 1. The highest BCUT2D eigenvalue weighted by Crippen LogP contribution is 2.22. The van der Waals surface area contributed by atoms with Crippen molar-refractivity contribution in [2.24, 2.45) is 0 Å². The predicted molar refractivity (Wildman–Crippen MR) is 81.7 cm³/mol. The molecule has 0 aliphatic heterocycles. The van der Waals surface area contributed by atoms with Crippen LogP contribution >= 0.6 is 27.3 Å². The summed E-state index contributed by atoms with van der Waals surface area (Å²) in [6, 6.07) is 11.5. The number of nitrogens with zero attached hydrogens (tertiary/aromatic N) is 1. The second-order valence-corrected chi connectivity index (χ2v) is 6.30. The number of carbonyl (C=O) groups excluding carboxylic acids is 1. The standard InChI is InChI=1S/C14H9BrN2OS/c15-13-6-10(8-19-13)14(18)17-11-5-9-3-1-2-4-12(9)16-7-11/h1-8H,(H,17,18). The van der Waals surface area contributed by atoms with E-state index in [1.165, 1.54) is 11.3 Å². The van der Waals surface area contributed by atoms with Gasteiger partial charge in [0.25, 0.3) is 5.91 Å². The van der Waals surface area contributed by atoms with Gasteiger partial charge in [-0.1, -0.05) is 18.2 Å². The van der Waals surface area contributed by atoms with E-state index < -0.39 is 0 Å². The first kappa shape index (κ1) is 12.3. The van der Waals surface area contributed by atoms with Gasteiger partial charge >= 0.3 is 0 Å². The maximum Gasteiger partial charge on any atom is 0.256 e. The summed E-state index contributed by atoms with van der Waals surface area (Å²) in [5.74, 6) is -0.126. The van der Waals surface area contributed by atoms with Crippen LogP contribution in [0.3, 0.4) is 0 Å². The molecular formula is C14H9BrN2OS. The Bertz CT molecular complexity index is 754. The van der Waals surface area contributed by atoms with E-state index in [-0.39, 0.29) is 5.91 Å². The number of anilines is 1. The van der Waals surface area contributed by atoms with E-state index in [4.69, 9.17) is 0 Å². The fourth-order valence-electron chi connectivity index (χ4n) is 1.77. The summed E-state index contributed by atoms with van der Waals surface area (Å²) in [5, 5.41) is 5.67. The van der Waals surface area contributed by atoms with Crippen LogP contribution in [-0.2, 0) is 0 Å². The monoisotopic (exact) mass is 332 g/mol. The molecule has 5 heteroatoms. The topological polar surface area (TPSA) is 42.0 Å². The predicted octanol–water partition coefficient (Wildman–Crippen LogP) is 4.31. The summed E-state index contributed by atoms with van der Waals surface area (Å²) in [6.07, 6.45) is 1.67. The molecule has 3 rings (SSSR count). The number of rotatable bonds is 2. The number of pyridine rings is 1. The lowest BCUT2D eigenvalue weighted by molar-refractivity contribution is 0.102. The number of benzene rings is 1. The smallest absolute Gasteiger partial charge is 0.256 e. The Morgan fingerprint density at radius 1 is 1.26 bits per heavy atom. The zero-order valence-corrected chi connectivity index (χ0v) is 12.2. The molecule has 0 aliphatic carbocycles. The third-order valence-electron chi connectivity index (χ3n) is 2.68. The zero-order chi connectivity index (χ0) is 13.2. The van der Waals surface area contributed by atoms with Crippen molar-refractivity contribution in [1.29, 1.82) is 0 Å². The molecule has 0 unspecified atom stereocenters. The van der Waals surface area contributed by atoms with Crippen molar-refractivity contribution < 1.29 is 4.79 Å². The van der Waals surface area contributed by atoms with Gasteiger partial charge in [0.1, 0.15) is 0 Å². The van der Waals surface area contributed by atoms with Gasteiger partial charge < -0.3 is 5.32 Å². The van der Waals surface area contributed by atoms with Crippen LogP contribution in [0.5, 0.6) is 0 Å². The molecule has 1 amide bonds. The van der Waals surface area contributed by atoms with Crippen molar-refractivity contribution in [3.05, 3.63) is 57.3 Å². The Morgan fingerprint density at radius 3 is 2.89 bits per heavy atom. The maximum absolute atomic E-state index is 12.0. The number of aromatic nitrogens is 1. The van der Waals surface area contributed by atoms with Gasteiger partial charge in [0.05, 0.1) is 26.8 Å². The lowest BCUT2D eigenvalue weighted by Gasteiger charge is -2.04. The minimum Gasteiger partial charge on any atom is -0.321 e. The second kappa shape index (κ2) is 5.11. The van der Waals surface area contributed by atoms with Crippen molar-refractivity contribution in [3.8, 4) is 0 Å². The Hall–Kier alpha value is -1.72. The molecular weight excluding hydrogens is 324 g/mol. The van der Waals surface area contributed by atoms with Gasteiger partial charge in [-0.2, -0.15) is 0 Å². The Balaban J connectivity index is 1.87. The zero-order valence-electron chi connectivity index (χ0n) is 9.76. The van der Waals surface area contributed by atoms with Crippen LogP contribution in [0.25, 0.3) is 10.9 Å². The second-order valence-electron chi connectivity index (χ2n) is 4.01.